The molecule has 2 rings (SSSR count). The first-order valence-corrected chi connectivity index (χ1v) is 9.12. The van der Waals surface area contributed by atoms with E-state index in [4.69, 9.17) is 9.47 Å². The fraction of sp³-hybridized carbons (Fsp3) is 0.318. The van der Waals surface area contributed by atoms with Crippen LogP contribution in [0.1, 0.15) is 17.5 Å². The summed E-state index contributed by atoms with van der Waals surface area (Å²) in [5.74, 6) is 0.872. The molecule has 0 spiro atoms. The molecular formula is C22H28N2O3. The highest BCUT2D eigenvalue weighted by Gasteiger charge is 2.00. The van der Waals surface area contributed by atoms with Gasteiger partial charge in [0, 0.05) is 13.1 Å². The van der Waals surface area contributed by atoms with Crippen molar-refractivity contribution in [1.29, 1.82) is 0 Å². The average Bonchev–Trinajstić information content (AvgIpc) is 2.68. The number of nitrogens with zero attached hydrogens (tertiary/aromatic N) is 1. The van der Waals surface area contributed by atoms with Crippen molar-refractivity contribution >= 4 is 12.2 Å². The van der Waals surface area contributed by atoms with E-state index in [2.05, 4.69) is 10.2 Å². The Morgan fingerprint density at radius 3 is 2.52 bits per heavy atom. The number of amides is 1. The molecule has 0 atom stereocenters. The monoisotopic (exact) mass is 368 g/mol. The minimum absolute atomic E-state index is 0.283. The third-order valence-electron chi connectivity index (χ3n) is 3.79. The van der Waals surface area contributed by atoms with Crippen LogP contribution < -0.4 is 10.1 Å². The lowest BCUT2D eigenvalue weighted by Gasteiger charge is -2.10. The number of likely N-dealkylation sites (N-methyl/N-ethyl adjacent to an activating group) is 1. The van der Waals surface area contributed by atoms with Crippen LogP contribution in [0.15, 0.2) is 60.7 Å². The molecule has 27 heavy (non-hydrogen) atoms. The molecule has 0 aliphatic rings. The van der Waals surface area contributed by atoms with Gasteiger partial charge in [0.05, 0.1) is 0 Å². The van der Waals surface area contributed by atoms with E-state index >= 15 is 0 Å². The summed E-state index contributed by atoms with van der Waals surface area (Å²) in [6.07, 6.45) is 4.40. The highest BCUT2D eigenvalue weighted by atomic mass is 16.5. The predicted molar refractivity (Wildman–Crippen MR) is 109 cm³/mol. The molecule has 0 radical (unpaired) electrons. The largest absolute Gasteiger partial charge is 0.492 e. The second-order valence-electron chi connectivity index (χ2n) is 6.40. The second kappa shape index (κ2) is 11.8. The van der Waals surface area contributed by atoms with Crippen LogP contribution in [0, 0.1) is 0 Å². The van der Waals surface area contributed by atoms with Gasteiger partial charge < -0.3 is 19.7 Å². The molecule has 144 valence electrons. The van der Waals surface area contributed by atoms with E-state index in [0.717, 1.165) is 29.8 Å². The Hall–Kier alpha value is -2.79. The first-order valence-electron chi connectivity index (χ1n) is 9.12. The van der Waals surface area contributed by atoms with E-state index in [0.29, 0.717) is 13.2 Å². The fourth-order valence-electron chi connectivity index (χ4n) is 2.27. The Morgan fingerprint density at radius 1 is 1.07 bits per heavy atom. The molecule has 0 fully saturated rings. The van der Waals surface area contributed by atoms with Crippen LogP contribution in [-0.2, 0) is 11.3 Å². The number of benzene rings is 2. The van der Waals surface area contributed by atoms with Crippen LogP contribution in [0.5, 0.6) is 5.75 Å². The van der Waals surface area contributed by atoms with E-state index in [1.165, 1.54) is 0 Å². The molecular weight excluding hydrogens is 340 g/mol. The molecule has 0 unspecified atom stereocenters. The van der Waals surface area contributed by atoms with Crippen LogP contribution in [0.3, 0.4) is 0 Å². The highest BCUT2D eigenvalue weighted by Crippen LogP contribution is 2.13. The van der Waals surface area contributed by atoms with Gasteiger partial charge in [-0.3, -0.25) is 0 Å². The Kier molecular flexibility index (Phi) is 8.93. The van der Waals surface area contributed by atoms with Crippen molar-refractivity contribution in [3.8, 4) is 5.75 Å². The van der Waals surface area contributed by atoms with E-state index in [-0.39, 0.29) is 6.61 Å². The third kappa shape index (κ3) is 8.92. The van der Waals surface area contributed by atoms with E-state index in [1.807, 2.05) is 80.8 Å². The first kappa shape index (κ1) is 20.5. The lowest BCUT2D eigenvalue weighted by molar-refractivity contribution is 0.140. The summed E-state index contributed by atoms with van der Waals surface area (Å²) in [6, 6.07) is 17.6. The lowest BCUT2D eigenvalue weighted by atomic mass is 10.2. The third-order valence-corrected chi connectivity index (χ3v) is 3.79. The number of carbonyl (C=O) groups excluding carboxylic acids is 1. The van der Waals surface area contributed by atoms with Crippen molar-refractivity contribution in [2.24, 2.45) is 0 Å². The number of hydrogen-bond donors (Lipinski definition) is 1. The first-order chi connectivity index (χ1) is 13.1. The molecule has 0 aliphatic carbocycles. The smallest absolute Gasteiger partial charge is 0.407 e. The SMILES string of the molecule is CN(C)CCOc1ccc(C=CCCNC(=O)OCc2ccccc2)cc1. The molecule has 1 N–H and O–H groups in total. The zero-order chi connectivity index (χ0) is 19.3. The number of nitrogens with one attached hydrogen (secondary N) is 1. The molecule has 0 saturated carbocycles. The molecule has 1 amide bonds. The van der Waals surface area contributed by atoms with Gasteiger partial charge in [-0.1, -0.05) is 54.6 Å². The molecule has 0 bridgehead atoms. The quantitative estimate of drug-likeness (QED) is 0.645. The zero-order valence-corrected chi connectivity index (χ0v) is 16.1. The van der Waals surface area contributed by atoms with Gasteiger partial charge in [-0.2, -0.15) is 0 Å². The van der Waals surface area contributed by atoms with Crippen molar-refractivity contribution < 1.29 is 14.3 Å². The fourth-order valence-corrected chi connectivity index (χ4v) is 2.27. The van der Waals surface area contributed by atoms with Gasteiger partial charge in [0.2, 0.25) is 0 Å². The second-order valence-corrected chi connectivity index (χ2v) is 6.40. The van der Waals surface area contributed by atoms with Gasteiger partial charge in [-0.25, -0.2) is 4.79 Å². The van der Waals surface area contributed by atoms with Gasteiger partial charge in [0.15, 0.2) is 0 Å². The normalized spacial score (nSPS) is 10.9. The maximum Gasteiger partial charge on any atom is 0.407 e. The summed E-state index contributed by atoms with van der Waals surface area (Å²) >= 11 is 0. The van der Waals surface area contributed by atoms with Gasteiger partial charge in [-0.05, 0) is 43.8 Å². The standard InChI is InChI=1S/C22H28N2O3/c1-24(2)16-17-26-21-13-11-19(12-14-21)8-6-7-15-23-22(25)27-18-20-9-4-3-5-10-20/h3-6,8-14H,7,15-18H2,1-2H3,(H,23,25). The van der Waals surface area contributed by atoms with Crippen LogP contribution in [0.2, 0.25) is 0 Å². The van der Waals surface area contributed by atoms with Crippen molar-refractivity contribution in [1.82, 2.24) is 10.2 Å². The summed E-state index contributed by atoms with van der Waals surface area (Å²) < 4.78 is 10.8. The predicted octanol–water partition coefficient (Wildman–Crippen LogP) is 3.96. The van der Waals surface area contributed by atoms with Crippen molar-refractivity contribution in [2.75, 3.05) is 33.8 Å². The minimum Gasteiger partial charge on any atom is -0.492 e. The van der Waals surface area contributed by atoms with Gasteiger partial charge in [0.1, 0.15) is 19.0 Å². The minimum atomic E-state index is -0.397. The number of ether oxygens (including phenoxy) is 2. The van der Waals surface area contributed by atoms with Gasteiger partial charge in [0.25, 0.3) is 0 Å². The number of carbonyl (C=O) groups is 1. The van der Waals surface area contributed by atoms with Crippen molar-refractivity contribution in [2.45, 2.75) is 13.0 Å². The maximum atomic E-state index is 11.6. The van der Waals surface area contributed by atoms with Crippen molar-refractivity contribution in [3.05, 3.63) is 71.8 Å². The molecule has 2 aromatic carbocycles. The summed E-state index contributed by atoms with van der Waals surface area (Å²) in [5, 5.41) is 2.74. The summed E-state index contributed by atoms with van der Waals surface area (Å²) in [4.78, 5) is 13.7. The number of hydrogen-bond acceptors (Lipinski definition) is 4. The topological polar surface area (TPSA) is 50.8 Å². The lowest BCUT2D eigenvalue weighted by Crippen LogP contribution is -2.24. The van der Waals surface area contributed by atoms with Crippen LogP contribution in [0.25, 0.3) is 6.08 Å². The maximum absolute atomic E-state index is 11.6. The molecule has 0 heterocycles. The Labute approximate surface area is 161 Å². The number of alkyl carbamates (subject to hydrolysis) is 1. The summed E-state index contributed by atoms with van der Waals surface area (Å²) in [5.41, 5.74) is 2.07. The Balaban J connectivity index is 1.60. The van der Waals surface area contributed by atoms with Gasteiger partial charge >= 0.3 is 6.09 Å². The molecule has 5 heteroatoms. The van der Waals surface area contributed by atoms with E-state index < -0.39 is 6.09 Å². The Morgan fingerprint density at radius 2 is 1.81 bits per heavy atom. The Bertz CT molecular complexity index is 697. The molecule has 0 aromatic heterocycles. The summed E-state index contributed by atoms with van der Waals surface area (Å²) in [7, 11) is 4.05. The van der Waals surface area contributed by atoms with Crippen molar-refractivity contribution in [3.63, 3.8) is 0 Å². The summed E-state index contributed by atoms with van der Waals surface area (Å²) in [6.45, 7) is 2.39. The van der Waals surface area contributed by atoms with Gasteiger partial charge in [-0.15, -0.1) is 0 Å². The van der Waals surface area contributed by atoms with Crippen LogP contribution in [-0.4, -0.2) is 44.8 Å². The van der Waals surface area contributed by atoms with Crippen LogP contribution >= 0.6 is 0 Å². The molecule has 5 nitrogen and oxygen atoms in total. The van der Waals surface area contributed by atoms with Crippen LogP contribution in [0.4, 0.5) is 4.79 Å². The zero-order valence-electron chi connectivity index (χ0n) is 16.1. The average molecular weight is 368 g/mol. The molecule has 0 aliphatic heterocycles. The number of rotatable bonds is 10. The van der Waals surface area contributed by atoms with E-state index in [1.54, 1.807) is 0 Å². The molecule has 2 aromatic rings. The van der Waals surface area contributed by atoms with E-state index in [9.17, 15) is 4.79 Å². The highest BCUT2D eigenvalue weighted by molar-refractivity contribution is 5.67. The molecule has 0 saturated heterocycles.